The van der Waals surface area contributed by atoms with E-state index in [1.165, 1.54) is 0 Å². The molecule has 0 amide bonds. The maximum atomic E-state index is 9.26. The summed E-state index contributed by atoms with van der Waals surface area (Å²) in [6.07, 6.45) is 0. The summed E-state index contributed by atoms with van der Waals surface area (Å²) in [5, 5.41) is 0. The Hall–Kier alpha value is -6.64. The van der Waals surface area contributed by atoms with Crippen LogP contribution in [0.15, 0.2) is 218 Å². The van der Waals surface area contributed by atoms with E-state index in [1.807, 2.05) is 146 Å². The summed E-state index contributed by atoms with van der Waals surface area (Å²) >= 11 is 0. The molecule has 0 fully saturated rings. The largest absolute Gasteiger partial charge is 0.311 e. The molecule has 0 radical (unpaired) electrons. The molecule has 8 rings (SSSR count). The van der Waals surface area contributed by atoms with Crippen LogP contribution in [-0.4, -0.2) is 0 Å². The molecule has 8 aromatic rings. The van der Waals surface area contributed by atoms with Crippen LogP contribution in [0.2, 0.25) is 0 Å². The fourth-order valence-electron chi connectivity index (χ4n) is 5.91. The average Bonchev–Trinajstić information content (AvgIpc) is 3.27. The van der Waals surface area contributed by atoms with Crippen molar-refractivity contribution in [2.24, 2.45) is 0 Å². The van der Waals surface area contributed by atoms with Gasteiger partial charge < -0.3 is 9.80 Å². The van der Waals surface area contributed by atoms with Crippen LogP contribution < -0.4 is 9.80 Å². The van der Waals surface area contributed by atoms with E-state index >= 15 is 0 Å². The van der Waals surface area contributed by atoms with Gasteiger partial charge >= 0.3 is 0 Å². The van der Waals surface area contributed by atoms with Gasteiger partial charge in [-0.3, -0.25) is 0 Å². The molecule has 0 aromatic heterocycles. The summed E-state index contributed by atoms with van der Waals surface area (Å²) in [4.78, 5) is 3.46. The summed E-state index contributed by atoms with van der Waals surface area (Å²) in [7, 11) is 0. The molecule has 0 saturated heterocycles. The molecule has 2 heteroatoms. The van der Waals surface area contributed by atoms with Crippen LogP contribution in [0.25, 0.3) is 33.4 Å². The Balaban J connectivity index is 1.19. The molecule has 0 aliphatic carbocycles. The van der Waals surface area contributed by atoms with E-state index in [9.17, 15) is 5.48 Å². The Morgan fingerprint density at radius 1 is 0.220 bits per heavy atom. The molecule has 0 N–H and O–H groups in total. The van der Waals surface area contributed by atoms with Gasteiger partial charge in [-0.15, -0.1) is 0 Å². The van der Waals surface area contributed by atoms with E-state index in [4.69, 9.17) is 5.48 Å². The quantitative estimate of drug-likeness (QED) is 0.154. The number of nitrogens with zero attached hydrogens (tertiary/aromatic N) is 2. The Labute approximate surface area is 306 Å². The number of hydrogen-bond acceptors (Lipinski definition) is 2. The van der Waals surface area contributed by atoms with Crippen molar-refractivity contribution in [3.63, 3.8) is 0 Å². The number of anilines is 6. The maximum Gasteiger partial charge on any atom is 0.0645 e. The standard InChI is InChI=1S/C48H36N2/c1-5-13-37(14-6-1)40-25-31-47(32-26-40)50(45-19-11-4-12-20-45)48-35-29-42(30-36-48)39-23-21-38(22-24-39)41-27-33-46(34-28-41)49(43-15-7-2-8-16-43)44-17-9-3-10-18-44/h1-36H/i27D,28D,29D,30D,33D,34D,35D,36D. The first-order valence-electron chi connectivity index (χ1n) is 20.4. The van der Waals surface area contributed by atoms with Gasteiger partial charge in [0.1, 0.15) is 0 Å². The van der Waals surface area contributed by atoms with Crippen molar-refractivity contribution < 1.29 is 11.0 Å². The molecular weight excluding hydrogens is 605 g/mol. The first-order valence-corrected chi connectivity index (χ1v) is 16.4. The highest BCUT2D eigenvalue weighted by atomic mass is 15.1. The Morgan fingerprint density at radius 2 is 0.480 bits per heavy atom. The highest BCUT2D eigenvalue weighted by Crippen LogP contribution is 2.38. The normalized spacial score (nSPS) is 13.0. The highest BCUT2D eigenvalue weighted by Gasteiger charge is 2.14. The van der Waals surface area contributed by atoms with E-state index in [0.29, 0.717) is 33.9 Å². The van der Waals surface area contributed by atoms with Gasteiger partial charge in [0.2, 0.25) is 0 Å². The second-order valence-electron chi connectivity index (χ2n) is 11.6. The monoisotopic (exact) mass is 648 g/mol. The fraction of sp³-hybridized carbons (Fsp3) is 0. The molecule has 0 unspecified atom stereocenters. The van der Waals surface area contributed by atoms with Crippen molar-refractivity contribution in [3.05, 3.63) is 218 Å². The molecule has 8 aromatic carbocycles. The third-order valence-electron chi connectivity index (χ3n) is 8.41. The first kappa shape index (κ1) is 22.8. The van der Waals surface area contributed by atoms with Crippen LogP contribution in [0.4, 0.5) is 34.1 Å². The van der Waals surface area contributed by atoms with E-state index in [1.54, 1.807) is 34.1 Å². The summed E-state index contributed by atoms with van der Waals surface area (Å²) in [5.74, 6) is 0. The lowest BCUT2D eigenvalue weighted by molar-refractivity contribution is 1.28. The van der Waals surface area contributed by atoms with Gasteiger partial charge in [-0.2, -0.15) is 0 Å². The lowest BCUT2D eigenvalue weighted by Crippen LogP contribution is -2.09. The van der Waals surface area contributed by atoms with E-state index in [-0.39, 0.29) is 70.8 Å². The van der Waals surface area contributed by atoms with Crippen molar-refractivity contribution in [1.29, 1.82) is 0 Å². The molecule has 50 heavy (non-hydrogen) atoms. The minimum absolute atomic E-state index is 0.106. The van der Waals surface area contributed by atoms with Gasteiger partial charge in [-0.25, -0.2) is 0 Å². The average molecular weight is 649 g/mol. The maximum absolute atomic E-state index is 9.26. The highest BCUT2D eigenvalue weighted by molar-refractivity contribution is 5.81. The van der Waals surface area contributed by atoms with Crippen molar-refractivity contribution >= 4 is 34.1 Å². The van der Waals surface area contributed by atoms with E-state index in [0.717, 1.165) is 11.1 Å². The Kier molecular flexibility index (Phi) is 6.50. The number of benzene rings is 8. The van der Waals surface area contributed by atoms with Crippen molar-refractivity contribution in [2.45, 2.75) is 0 Å². The lowest BCUT2D eigenvalue weighted by atomic mass is 9.99. The lowest BCUT2D eigenvalue weighted by Gasteiger charge is -2.26. The minimum Gasteiger partial charge on any atom is -0.311 e. The molecule has 2 nitrogen and oxygen atoms in total. The van der Waals surface area contributed by atoms with Crippen molar-refractivity contribution in [1.82, 2.24) is 0 Å². The summed E-state index contributed by atoms with van der Waals surface area (Å²) < 4.78 is 73.4. The molecule has 0 aliphatic heterocycles. The summed E-state index contributed by atoms with van der Waals surface area (Å²) in [5.41, 5.74) is 6.04. The first-order chi connectivity index (χ1) is 28.2. The molecule has 0 bridgehead atoms. The molecule has 0 spiro atoms. The molecule has 238 valence electrons. The van der Waals surface area contributed by atoms with Gasteiger partial charge in [0.25, 0.3) is 0 Å². The predicted molar refractivity (Wildman–Crippen MR) is 212 cm³/mol. The number of hydrogen-bond donors (Lipinski definition) is 0. The van der Waals surface area contributed by atoms with E-state index < -0.39 is 0 Å². The van der Waals surface area contributed by atoms with E-state index in [2.05, 4.69) is 0 Å². The Bertz CT molecular complexity index is 2630. The van der Waals surface area contributed by atoms with Crippen LogP contribution in [0.3, 0.4) is 0 Å². The Morgan fingerprint density at radius 3 is 0.840 bits per heavy atom. The summed E-state index contributed by atoms with van der Waals surface area (Å²) in [6, 6.07) is 50.5. The van der Waals surface area contributed by atoms with Gasteiger partial charge in [-0.1, -0.05) is 145 Å². The molecule has 0 heterocycles. The number of rotatable bonds is 9. The fourth-order valence-corrected chi connectivity index (χ4v) is 5.91. The van der Waals surface area contributed by atoms with Crippen molar-refractivity contribution in [2.75, 3.05) is 9.80 Å². The zero-order chi connectivity index (χ0) is 40.5. The van der Waals surface area contributed by atoms with Gasteiger partial charge in [0.05, 0.1) is 11.0 Å². The molecule has 0 aliphatic rings. The third-order valence-corrected chi connectivity index (χ3v) is 8.41. The smallest absolute Gasteiger partial charge is 0.0645 e. The zero-order valence-electron chi connectivity index (χ0n) is 35.1. The second kappa shape index (κ2) is 14.2. The SMILES string of the molecule is [2H]c1c([2H])c(N(c2ccccc2)c2ccccc2)c([2H])c([2H])c1-c1ccc(-c2c([2H])c([2H])c(N(c3ccccc3)c3ccc(-c4ccccc4)cc3)c([2H])c2[2H])cc1. The van der Waals surface area contributed by atoms with Crippen LogP contribution >= 0.6 is 0 Å². The van der Waals surface area contributed by atoms with Crippen molar-refractivity contribution in [3.8, 4) is 33.4 Å². The third kappa shape index (κ3) is 6.56. The molecule has 0 saturated carbocycles. The van der Waals surface area contributed by atoms with Crippen LogP contribution in [0.5, 0.6) is 0 Å². The molecule has 0 atom stereocenters. The number of para-hydroxylation sites is 3. The van der Waals surface area contributed by atoms with Gasteiger partial charge in [-0.05, 0) is 106 Å². The minimum atomic E-state index is -0.221. The van der Waals surface area contributed by atoms with Crippen LogP contribution in [0, 0.1) is 0 Å². The summed E-state index contributed by atoms with van der Waals surface area (Å²) in [6.45, 7) is 0. The predicted octanol–water partition coefficient (Wildman–Crippen LogP) is 13.6. The second-order valence-corrected chi connectivity index (χ2v) is 11.6. The van der Waals surface area contributed by atoms with Crippen LogP contribution in [-0.2, 0) is 0 Å². The zero-order valence-corrected chi connectivity index (χ0v) is 27.1. The van der Waals surface area contributed by atoms with Crippen LogP contribution in [0.1, 0.15) is 11.0 Å². The van der Waals surface area contributed by atoms with Gasteiger partial charge in [0, 0.05) is 34.1 Å². The van der Waals surface area contributed by atoms with Gasteiger partial charge in [0.15, 0.2) is 0 Å². The topological polar surface area (TPSA) is 6.48 Å². The molecular formula is C48H36N2.